The lowest BCUT2D eigenvalue weighted by Crippen LogP contribution is -2.13. The summed E-state index contributed by atoms with van der Waals surface area (Å²) >= 11 is 6.22. The number of hydrogen-bond acceptors (Lipinski definition) is 3. The second-order valence-corrected chi connectivity index (χ2v) is 6.47. The lowest BCUT2D eigenvalue weighted by atomic mass is 9.88. The van der Waals surface area contributed by atoms with E-state index in [0.717, 1.165) is 34.4 Å². The molecule has 4 rings (SSSR count). The maximum Gasteiger partial charge on any atom is 0.181 e. The van der Waals surface area contributed by atoms with Gasteiger partial charge in [0.15, 0.2) is 16.6 Å². The highest BCUT2D eigenvalue weighted by atomic mass is 35.5. The molecule has 2 aromatic rings. The first kappa shape index (κ1) is 11.6. The molecule has 3 atom stereocenters. The molecule has 5 heteroatoms. The van der Waals surface area contributed by atoms with E-state index >= 15 is 0 Å². The second kappa shape index (κ2) is 3.92. The number of hydrogen-bond donors (Lipinski definition) is 0. The molecule has 0 aliphatic heterocycles. The summed E-state index contributed by atoms with van der Waals surface area (Å²) in [6.45, 7) is 4.02. The van der Waals surface area contributed by atoms with Gasteiger partial charge < -0.3 is 0 Å². The van der Waals surface area contributed by atoms with E-state index in [1.54, 1.807) is 0 Å². The first-order chi connectivity index (χ1) is 9.15. The van der Waals surface area contributed by atoms with Crippen LogP contribution in [-0.4, -0.2) is 19.8 Å². The first-order valence-electron chi connectivity index (χ1n) is 7.03. The third kappa shape index (κ3) is 1.55. The Morgan fingerprint density at radius 1 is 1.11 bits per heavy atom. The Morgan fingerprint density at radius 2 is 1.95 bits per heavy atom. The number of aromatic nitrogens is 4. The number of aryl methyl sites for hydroxylation is 1. The van der Waals surface area contributed by atoms with Gasteiger partial charge in [-0.05, 0) is 50.5 Å². The van der Waals surface area contributed by atoms with Crippen LogP contribution in [0.5, 0.6) is 0 Å². The summed E-state index contributed by atoms with van der Waals surface area (Å²) in [5.41, 5.74) is 2.95. The Kier molecular flexibility index (Phi) is 2.40. The fraction of sp³-hybridized carbons (Fsp3) is 0.643. The predicted octanol–water partition coefficient (Wildman–Crippen LogP) is 3.30. The van der Waals surface area contributed by atoms with Gasteiger partial charge >= 0.3 is 0 Å². The van der Waals surface area contributed by atoms with Gasteiger partial charge in [-0.1, -0.05) is 18.0 Å². The highest BCUT2D eigenvalue weighted by Gasteiger charge is 2.42. The summed E-state index contributed by atoms with van der Waals surface area (Å²) in [5, 5.41) is 13.8. The van der Waals surface area contributed by atoms with Crippen molar-refractivity contribution in [2.45, 2.75) is 45.4 Å². The summed E-state index contributed by atoms with van der Waals surface area (Å²) in [6.07, 6.45) is 5.34. The van der Waals surface area contributed by atoms with Gasteiger partial charge in [-0.2, -0.15) is 9.61 Å². The van der Waals surface area contributed by atoms with Gasteiger partial charge in [0.1, 0.15) is 0 Å². The lowest BCUT2D eigenvalue weighted by Gasteiger charge is -2.19. The molecule has 2 saturated carbocycles. The Hall–Kier alpha value is -1.16. The smallest absolute Gasteiger partial charge is 0.181 e. The van der Waals surface area contributed by atoms with Gasteiger partial charge in [0, 0.05) is 11.5 Å². The molecule has 2 aliphatic carbocycles. The number of nitrogens with zero attached hydrogens (tertiary/aromatic N) is 4. The third-order valence-electron chi connectivity index (χ3n) is 5.13. The van der Waals surface area contributed by atoms with Crippen LogP contribution in [0, 0.1) is 25.7 Å². The standard InChI is InChI=1S/C14H17ClN4/c1-7-8(2)13-16-17-14(19(13)18-12(7)15)11-6-9-3-4-10(11)5-9/h9-11H,3-6H2,1-2H3. The molecule has 2 aromatic heterocycles. The zero-order valence-corrected chi connectivity index (χ0v) is 12.0. The van der Waals surface area contributed by atoms with Crippen molar-refractivity contribution >= 4 is 17.2 Å². The molecule has 2 bridgehead atoms. The third-order valence-corrected chi connectivity index (χ3v) is 5.49. The van der Waals surface area contributed by atoms with Crippen LogP contribution in [0.1, 0.15) is 48.6 Å². The van der Waals surface area contributed by atoms with Crippen molar-refractivity contribution in [3.8, 4) is 0 Å². The van der Waals surface area contributed by atoms with Crippen molar-refractivity contribution in [2.24, 2.45) is 11.8 Å². The van der Waals surface area contributed by atoms with Crippen LogP contribution in [0.4, 0.5) is 0 Å². The fourth-order valence-corrected chi connectivity index (χ4v) is 4.12. The molecule has 2 fully saturated rings. The van der Waals surface area contributed by atoms with Crippen molar-refractivity contribution in [1.29, 1.82) is 0 Å². The minimum Gasteiger partial charge on any atom is -0.195 e. The highest BCUT2D eigenvalue weighted by molar-refractivity contribution is 6.30. The maximum atomic E-state index is 6.22. The molecule has 19 heavy (non-hydrogen) atoms. The highest BCUT2D eigenvalue weighted by Crippen LogP contribution is 2.52. The van der Waals surface area contributed by atoms with Gasteiger partial charge in [-0.15, -0.1) is 10.2 Å². The molecule has 0 saturated heterocycles. The summed E-state index contributed by atoms with van der Waals surface area (Å²) < 4.78 is 1.88. The fourth-order valence-electron chi connectivity index (χ4n) is 3.90. The van der Waals surface area contributed by atoms with E-state index in [-0.39, 0.29) is 0 Å². The molecule has 0 aromatic carbocycles. The topological polar surface area (TPSA) is 43.1 Å². The van der Waals surface area contributed by atoms with E-state index in [9.17, 15) is 0 Å². The molecule has 4 nitrogen and oxygen atoms in total. The summed E-state index contributed by atoms with van der Waals surface area (Å²) in [7, 11) is 0. The monoisotopic (exact) mass is 276 g/mol. The lowest BCUT2D eigenvalue weighted by molar-refractivity contribution is 0.400. The van der Waals surface area contributed by atoms with Crippen molar-refractivity contribution in [1.82, 2.24) is 19.8 Å². The van der Waals surface area contributed by atoms with Crippen LogP contribution in [0.25, 0.3) is 5.65 Å². The average Bonchev–Trinajstić information content (AvgIpc) is 3.09. The zero-order chi connectivity index (χ0) is 13.1. The van der Waals surface area contributed by atoms with E-state index < -0.39 is 0 Å². The van der Waals surface area contributed by atoms with Gasteiger partial charge in [-0.25, -0.2) is 0 Å². The SMILES string of the molecule is Cc1c(Cl)nn2c(C3CC4CCC3C4)nnc2c1C. The van der Waals surface area contributed by atoms with Gasteiger partial charge in [0.05, 0.1) is 0 Å². The number of fused-ring (bicyclic) bond motifs is 3. The minimum atomic E-state index is 0.527. The van der Waals surface area contributed by atoms with Gasteiger partial charge in [0.2, 0.25) is 0 Å². The molecule has 2 aliphatic rings. The summed E-state index contributed by atoms with van der Waals surface area (Å²) in [4.78, 5) is 0. The Labute approximate surface area is 117 Å². The Balaban J connectivity index is 1.87. The molecule has 0 N–H and O–H groups in total. The van der Waals surface area contributed by atoms with Crippen LogP contribution >= 0.6 is 11.6 Å². The van der Waals surface area contributed by atoms with Gasteiger partial charge in [0.25, 0.3) is 0 Å². The first-order valence-corrected chi connectivity index (χ1v) is 7.41. The second-order valence-electron chi connectivity index (χ2n) is 6.12. The predicted molar refractivity (Wildman–Crippen MR) is 73.5 cm³/mol. The van der Waals surface area contributed by atoms with Crippen LogP contribution in [0.15, 0.2) is 0 Å². The van der Waals surface area contributed by atoms with E-state index in [4.69, 9.17) is 11.6 Å². The van der Waals surface area contributed by atoms with Crippen LogP contribution in [0.3, 0.4) is 0 Å². The summed E-state index contributed by atoms with van der Waals surface area (Å²) in [5.74, 6) is 3.22. The Bertz CT molecular complexity index is 663. The zero-order valence-electron chi connectivity index (χ0n) is 11.2. The van der Waals surface area contributed by atoms with Gasteiger partial charge in [-0.3, -0.25) is 0 Å². The van der Waals surface area contributed by atoms with E-state index in [0.29, 0.717) is 11.1 Å². The molecule has 0 radical (unpaired) electrons. The number of rotatable bonds is 1. The molecule has 0 spiro atoms. The van der Waals surface area contributed by atoms with Crippen LogP contribution < -0.4 is 0 Å². The molecule has 3 unspecified atom stereocenters. The molecular weight excluding hydrogens is 260 g/mol. The van der Waals surface area contributed by atoms with Crippen molar-refractivity contribution < 1.29 is 0 Å². The summed E-state index contributed by atoms with van der Waals surface area (Å²) in [6, 6.07) is 0. The Morgan fingerprint density at radius 3 is 2.63 bits per heavy atom. The van der Waals surface area contributed by atoms with Crippen molar-refractivity contribution in [3.05, 3.63) is 22.1 Å². The molecule has 2 heterocycles. The molecule has 100 valence electrons. The largest absolute Gasteiger partial charge is 0.195 e. The van der Waals surface area contributed by atoms with E-state index in [1.165, 1.54) is 25.7 Å². The van der Waals surface area contributed by atoms with Crippen molar-refractivity contribution in [3.63, 3.8) is 0 Å². The minimum absolute atomic E-state index is 0.527. The average molecular weight is 277 g/mol. The van der Waals surface area contributed by atoms with E-state index in [1.807, 2.05) is 18.4 Å². The normalized spacial score (nSPS) is 29.5. The molecular formula is C14H17ClN4. The quantitative estimate of drug-likeness (QED) is 0.803. The van der Waals surface area contributed by atoms with Crippen LogP contribution in [-0.2, 0) is 0 Å². The number of halogens is 1. The molecule has 0 amide bonds. The maximum absolute atomic E-state index is 6.22. The van der Waals surface area contributed by atoms with E-state index in [2.05, 4.69) is 15.3 Å². The van der Waals surface area contributed by atoms with Crippen LogP contribution in [0.2, 0.25) is 5.15 Å². The van der Waals surface area contributed by atoms with Crippen molar-refractivity contribution in [2.75, 3.05) is 0 Å².